The molecule has 0 atom stereocenters. The van der Waals surface area contributed by atoms with Crippen LogP contribution in [0.3, 0.4) is 0 Å². The van der Waals surface area contributed by atoms with E-state index in [4.69, 9.17) is 0 Å². The van der Waals surface area contributed by atoms with Gasteiger partial charge in [0.05, 0.1) is 23.5 Å². The third kappa shape index (κ3) is 2.51. The molecule has 0 spiro atoms. The van der Waals surface area contributed by atoms with Gasteiger partial charge >= 0.3 is 0 Å². The summed E-state index contributed by atoms with van der Waals surface area (Å²) in [6.45, 7) is 0.309. The van der Waals surface area contributed by atoms with Gasteiger partial charge in [0.25, 0.3) is 5.91 Å². The number of hydrogen-bond acceptors (Lipinski definition) is 5. The number of nitrogens with zero attached hydrogens (tertiary/aromatic N) is 2. The van der Waals surface area contributed by atoms with Gasteiger partial charge in [-0.3, -0.25) is 4.79 Å². The van der Waals surface area contributed by atoms with Crippen molar-refractivity contribution in [3.05, 3.63) is 11.9 Å². The fourth-order valence-corrected chi connectivity index (χ4v) is 2.22. The number of nitrogens with one attached hydrogen (secondary N) is 1. The van der Waals surface area contributed by atoms with E-state index in [1.807, 2.05) is 0 Å². The number of carbonyl (C=O) groups is 1. The van der Waals surface area contributed by atoms with Crippen molar-refractivity contribution in [2.24, 2.45) is 0 Å². The zero-order chi connectivity index (χ0) is 10.7. The van der Waals surface area contributed by atoms with Crippen molar-refractivity contribution in [2.45, 2.75) is 31.3 Å². The van der Waals surface area contributed by atoms with Crippen LogP contribution in [0.4, 0.5) is 0 Å². The maximum absolute atomic E-state index is 11.5. The van der Waals surface area contributed by atoms with Crippen LogP contribution in [0.15, 0.2) is 6.20 Å². The maximum Gasteiger partial charge on any atom is 0.272 e. The predicted octanol–water partition coefficient (Wildman–Crippen LogP) is 0.573. The van der Waals surface area contributed by atoms with E-state index in [0.29, 0.717) is 12.2 Å². The fourth-order valence-electron chi connectivity index (χ4n) is 1.81. The van der Waals surface area contributed by atoms with Crippen molar-refractivity contribution >= 4 is 17.6 Å². The molecular formula is C9H13N3O2S. The molecule has 6 heteroatoms. The summed E-state index contributed by atoms with van der Waals surface area (Å²) in [6.07, 6.45) is 5.03. The van der Waals surface area contributed by atoms with Crippen LogP contribution in [0.2, 0.25) is 0 Å². The van der Waals surface area contributed by atoms with Crippen molar-refractivity contribution in [1.29, 1.82) is 0 Å². The molecule has 82 valence electrons. The lowest BCUT2D eigenvalue weighted by Crippen LogP contribution is -2.40. The van der Waals surface area contributed by atoms with Gasteiger partial charge in [0.15, 0.2) is 5.69 Å². The molecule has 2 N–H and O–H groups in total. The molecule has 5 nitrogen and oxygen atoms in total. The van der Waals surface area contributed by atoms with Gasteiger partial charge in [-0.1, -0.05) is 12.8 Å². The molecule has 1 fully saturated rings. The largest absolute Gasteiger partial charge is 0.388 e. The zero-order valence-electron chi connectivity index (χ0n) is 8.27. The van der Waals surface area contributed by atoms with E-state index >= 15 is 0 Å². The molecule has 1 aliphatic rings. The summed E-state index contributed by atoms with van der Waals surface area (Å²) in [5.74, 6) is -0.260. The molecular weight excluding hydrogens is 214 g/mol. The molecule has 0 radical (unpaired) electrons. The van der Waals surface area contributed by atoms with Crippen LogP contribution in [0.1, 0.15) is 36.2 Å². The lowest BCUT2D eigenvalue weighted by atomic mass is 10.0. The van der Waals surface area contributed by atoms with Gasteiger partial charge in [-0.2, -0.15) is 8.75 Å². The van der Waals surface area contributed by atoms with Gasteiger partial charge < -0.3 is 10.4 Å². The van der Waals surface area contributed by atoms with Crippen LogP contribution >= 0.6 is 11.7 Å². The van der Waals surface area contributed by atoms with Gasteiger partial charge in [0, 0.05) is 6.54 Å². The summed E-state index contributed by atoms with van der Waals surface area (Å²) in [6, 6.07) is 0. The Labute approximate surface area is 91.8 Å². The molecule has 1 saturated carbocycles. The monoisotopic (exact) mass is 227 g/mol. The Bertz CT molecular complexity index is 333. The summed E-state index contributed by atoms with van der Waals surface area (Å²) in [5, 5.41) is 12.7. The summed E-state index contributed by atoms with van der Waals surface area (Å²) in [5.41, 5.74) is -0.388. The molecule has 1 heterocycles. The average Bonchev–Trinajstić information content (AvgIpc) is 2.85. The highest BCUT2D eigenvalue weighted by Gasteiger charge is 2.31. The highest BCUT2D eigenvalue weighted by atomic mass is 32.1. The number of amides is 1. The molecule has 1 aromatic rings. The normalized spacial score (nSPS) is 19.0. The van der Waals surface area contributed by atoms with E-state index in [9.17, 15) is 9.90 Å². The van der Waals surface area contributed by atoms with Crippen molar-refractivity contribution in [3.63, 3.8) is 0 Å². The van der Waals surface area contributed by atoms with Gasteiger partial charge in [-0.25, -0.2) is 0 Å². The lowest BCUT2D eigenvalue weighted by Gasteiger charge is -2.21. The van der Waals surface area contributed by atoms with Crippen LogP contribution in [0.5, 0.6) is 0 Å². The van der Waals surface area contributed by atoms with Gasteiger partial charge in [0.2, 0.25) is 0 Å². The van der Waals surface area contributed by atoms with Crippen LogP contribution in [0, 0.1) is 0 Å². The first-order valence-corrected chi connectivity index (χ1v) is 5.71. The molecule has 2 rings (SSSR count). The van der Waals surface area contributed by atoms with E-state index in [1.54, 1.807) is 0 Å². The quantitative estimate of drug-likeness (QED) is 0.791. The highest BCUT2D eigenvalue weighted by Crippen LogP contribution is 2.28. The topological polar surface area (TPSA) is 75.1 Å². The van der Waals surface area contributed by atoms with Gasteiger partial charge in [-0.15, -0.1) is 0 Å². The summed E-state index contributed by atoms with van der Waals surface area (Å²) < 4.78 is 7.57. The molecule has 15 heavy (non-hydrogen) atoms. The minimum atomic E-state index is -0.709. The standard InChI is InChI=1S/C9H13N3O2S/c13-8(7-5-11-15-12-7)10-6-9(14)3-1-2-4-9/h5,14H,1-4,6H2,(H,10,13). The van der Waals surface area contributed by atoms with E-state index in [1.165, 1.54) is 6.20 Å². The molecule has 0 aliphatic heterocycles. The second-order valence-corrected chi connectivity index (χ2v) is 4.46. The van der Waals surface area contributed by atoms with Crippen LogP contribution in [0.25, 0.3) is 0 Å². The Morgan fingerprint density at radius 2 is 2.33 bits per heavy atom. The van der Waals surface area contributed by atoms with Crippen molar-refractivity contribution < 1.29 is 9.90 Å². The number of hydrogen-bond donors (Lipinski definition) is 2. The van der Waals surface area contributed by atoms with Crippen molar-refractivity contribution in [2.75, 3.05) is 6.54 Å². The minimum Gasteiger partial charge on any atom is -0.388 e. The Hall–Kier alpha value is -1.01. The first-order valence-electron chi connectivity index (χ1n) is 4.98. The fraction of sp³-hybridized carbons (Fsp3) is 0.667. The van der Waals surface area contributed by atoms with Crippen LogP contribution in [-0.2, 0) is 0 Å². The first kappa shape index (κ1) is 10.5. The summed E-state index contributed by atoms with van der Waals surface area (Å²) in [4.78, 5) is 11.5. The molecule has 0 saturated heterocycles. The minimum absolute atomic E-state index is 0.260. The number of carbonyl (C=O) groups excluding carboxylic acids is 1. The molecule has 0 unspecified atom stereocenters. The average molecular weight is 227 g/mol. The lowest BCUT2D eigenvalue weighted by molar-refractivity contribution is 0.0449. The third-order valence-corrected chi connectivity index (χ3v) is 3.18. The molecule has 0 aromatic carbocycles. The second kappa shape index (κ2) is 4.24. The first-order chi connectivity index (χ1) is 7.20. The van der Waals surface area contributed by atoms with Crippen LogP contribution < -0.4 is 5.32 Å². The van der Waals surface area contributed by atoms with E-state index in [-0.39, 0.29) is 5.91 Å². The van der Waals surface area contributed by atoms with E-state index in [0.717, 1.165) is 37.4 Å². The van der Waals surface area contributed by atoms with Gasteiger partial charge in [-0.05, 0) is 12.8 Å². The number of aromatic nitrogens is 2. The Balaban J connectivity index is 1.85. The maximum atomic E-state index is 11.5. The smallest absolute Gasteiger partial charge is 0.272 e. The number of aliphatic hydroxyl groups is 1. The molecule has 0 bridgehead atoms. The van der Waals surface area contributed by atoms with Gasteiger partial charge in [0.1, 0.15) is 0 Å². The van der Waals surface area contributed by atoms with Crippen LogP contribution in [-0.4, -0.2) is 31.9 Å². The van der Waals surface area contributed by atoms with E-state index < -0.39 is 5.60 Å². The molecule has 1 aromatic heterocycles. The summed E-state index contributed by atoms with van der Waals surface area (Å²) in [7, 11) is 0. The third-order valence-electron chi connectivity index (χ3n) is 2.71. The second-order valence-electron chi connectivity index (χ2n) is 3.91. The highest BCUT2D eigenvalue weighted by molar-refractivity contribution is 6.99. The zero-order valence-corrected chi connectivity index (χ0v) is 9.09. The Kier molecular flexibility index (Phi) is 2.97. The number of rotatable bonds is 3. The molecule has 1 amide bonds. The summed E-state index contributed by atoms with van der Waals surface area (Å²) >= 11 is 1.00. The molecule has 1 aliphatic carbocycles. The van der Waals surface area contributed by atoms with Crippen molar-refractivity contribution in [3.8, 4) is 0 Å². The SMILES string of the molecule is O=C(NCC1(O)CCCC1)c1cnsn1. The Morgan fingerprint density at radius 3 is 2.93 bits per heavy atom. The predicted molar refractivity (Wildman–Crippen MR) is 55.7 cm³/mol. The Morgan fingerprint density at radius 1 is 1.60 bits per heavy atom. The van der Waals surface area contributed by atoms with Crippen molar-refractivity contribution in [1.82, 2.24) is 14.1 Å². The van der Waals surface area contributed by atoms with E-state index in [2.05, 4.69) is 14.1 Å².